The molecule has 0 spiro atoms. The van der Waals surface area contributed by atoms with Gasteiger partial charge in [-0.05, 0) is 6.92 Å². The number of ketones is 1. The molecule has 15 heavy (non-hydrogen) atoms. The molecule has 0 bridgehead atoms. The third-order valence-corrected chi connectivity index (χ3v) is 3.70. The van der Waals surface area contributed by atoms with E-state index in [0.717, 1.165) is 22.6 Å². The van der Waals surface area contributed by atoms with Crippen molar-refractivity contribution in [3.63, 3.8) is 0 Å². The molecular formula is C9H12N2O2S2. The molecule has 0 aliphatic rings. The molecule has 1 rings (SSSR count). The number of hydrogen-bond donors (Lipinski definition) is 1. The van der Waals surface area contributed by atoms with Crippen LogP contribution < -0.4 is 5.32 Å². The van der Waals surface area contributed by atoms with Crippen LogP contribution in [0.5, 0.6) is 0 Å². The van der Waals surface area contributed by atoms with Crippen molar-refractivity contribution in [1.29, 1.82) is 0 Å². The molecule has 1 heterocycles. The second kappa shape index (κ2) is 5.27. The van der Waals surface area contributed by atoms with Crippen molar-refractivity contribution in [2.75, 3.05) is 18.1 Å². The van der Waals surface area contributed by atoms with Crippen LogP contribution in [-0.4, -0.2) is 28.7 Å². The van der Waals surface area contributed by atoms with Gasteiger partial charge in [0.15, 0.2) is 16.0 Å². The third-order valence-electron chi connectivity index (χ3n) is 1.67. The van der Waals surface area contributed by atoms with Gasteiger partial charge in [0.05, 0.1) is 16.3 Å². The molecule has 4 nitrogen and oxygen atoms in total. The number of Topliss-reactive ketones (excluding diaryl/α,β-unsaturated/α-hetero) is 1. The molecule has 6 heteroatoms. The second-order valence-electron chi connectivity index (χ2n) is 2.89. The van der Waals surface area contributed by atoms with Crippen molar-refractivity contribution in [3.05, 3.63) is 10.6 Å². The molecule has 1 aromatic rings. The van der Waals surface area contributed by atoms with E-state index in [0.29, 0.717) is 4.88 Å². The lowest BCUT2D eigenvalue weighted by atomic mass is 10.3. The lowest BCUT2D eigenvalue weighted by Crippen LogP contribution is -2.03. The number of rotatable bonds is 4. The Morgan fingerprint density at radius 1 is 1.53 bits per heavy atom. The van der Waals surface area contributed by atoms with Crippen LogP contribution in [0, 0.1) is 6.92 Å². The lowest BCUT2D eigenvalue weighted by Gasteiger charge is -1.95. The fourth-order valence-corrected chi connectivity index (χ4v) is 2.42. The first-order valence-corrected chi connectivity index (χ1v) is 6.16. The van der Waals surface area contributed by atoms with E-state index in [9.17, 15) is 9.59 Å². The van der Waals surface area contributed by atoms with Crippen molar-refractivity contribution < 1.29 is 9.59 Å². The summed E-state index contributed by atoms with van der Waals surface area (Å²) in [4.78, 5) is 27.2. The zero-order valence-electron chi connectivity index (χ0n) is 8.79. The van der Waals surface area contributed by atoms with Gasteiger partial charge in [0.25, 0.3) is 0 Å². The lowest BCUT2D eigenvalue weighted by molar-refractivity contribution is -0.109. The minimum atomic E-state index is -0.0423. The number of thiazole rings is 1. The van der Waals surface area contributed by atoms with Crippen LogP contribution >= 0.6 is 23.1 Å². The Morgan fingerprint density at radius 3 is 2.67 bits per heavy atom. The van der Waals surface area contributed by atoms with Gasteiger partial charge in [-0.1, -0.05) is 23.1 Å². The number of nitrogens with one attached hydrogen (secondary N) is 1. The van der Waals surface area contributed by atoms with Gasteiger partial charge in [0.1, 0.15) is 0 Å². The average Bonchev–Trinajstić information content (AvgIpc) is 2.56. The van der Waals surface area contributed by atoms with Gasteiger partial charge >= 0.3 is 0 Å². The van der Waals surface area contributed by atoms with Crippen molar-refractivity contribution in [3.8, 4) is 0 Å². The van der Waals surface area contributed by atoms with Crippen molar-refractivity contribution in [1.82, 2.24) is 4.98 Å². The van der Waals surface area contributed by atoms with Crippen LogP contribution in [0.25, 0.3) is 0 Å². The Balaban J connectivity index is 2.72. The summed E-state index contributed by atoms with van der Waals surface area (Å²) in [6, 6.07) is 0. The molecule has 1 N–H and O–H groups in total. The summed E-state index contributed by atoms with van der Waals surface area (Å²) < 4.78 is 0. The summed E-state index contributed by atoms with van der Waals surface area (Å²) in [5, 5.41) is 3.57. The maximum Gasteiger partial charge on any atom is 0.186 e. The highest BCUT2D eigenvalue weighted by molar-refractivity contribution is 8.14. The first-order chi connectivity index (χ1) is 7.04. The van der Waals surface area contributed by atoms with E-state index in [1.165, 1.54) is 18.3 Å². The molecule has 1 aromatic heterocycles. The predicted molar refractivity (Wildman–Crippen MR) is 63.9 cm³/mol. The van der Waals surface area contributed by atoms with Gasteiger partial charge in [0, 0.05) is 14.0 Å². The monoisotopic (exact) mass is 244 g/mol. The van der Waals surface area contributed by atoms with Gasteiger partial charge in [-0.2, -0.15) is 0 Å². The maximum absolute atomic E-state index is 11.7. The largest absolute Gasteiger partial charge is 0.365 e. The predicted octanol–water partition coefficient (Wildman–Crippen LogP) is 1.96. The van der Waals surface area contributed by atoms with Gasteiger partial charge < -0.3 is 5.32 Å². The number of carbonyl (C=O) groups is 2. The van der Waals surface area contributed by atoms with Crippen LogP contribution in [0.4, 0.5) is 5.13 Å². The third kappa shape index (κ3) is 3.32. The number of nitrogens with zero attached hydrogens (tertiary/aromatic N) is 1. The van der Waals surface area contributed by atoms with E-state index in [1.807, 2.05) is 0 Å². The number of aryl methyl sites for hydroxylation is 1. The van der Waals surface area contributed by atoms with Crippen LogP contribution in [-0.2, 0) is 4.79 Å². The first kappa shape index (κ1) is 12.2. The number of aromatic nitrogens is 1. The molecule has 0 saturated carbocycles. The van der Waals surface area contributed by atoms with E-state index in [-0.39, 0.29) is 16.7 Å². The van der Waals surface area contributed by atoms with E-state index in [1.54, 1.807) is 14.0 Å². The van der Waals surface area contributed by atoms with Gasteiger partial charge in [-0.15, -0.1) is 0 Å². The molecule has 82 valence electrons. The normalized spacial score (nSPS) is 10.1. The Kier molecular flexibility index (Phi) is 4.28. The molecule has 0 aromatic carbocycles. The molecule has 0 fully saturated rings. The smallest absolute Gasteiger partial charge is 0.186 e. The van der Waals surface area contributed by atoms with Crippen LogP contribution in [0.3, 0.4) is 0 Å². The Morgan fingerprint density at radius 2 is 2.20 bits per heavy atom. The van der Waals surface area contributed by atoms with Crippen molar-refractivity contribution in [2.45, 2.75) is 13.8 Å². The highest BCUT2D eigenvalue weighted by Crippen LogP contribution is 2.23. The summed E-state index contributed by atoms with van der Waals surface area (Å²) >= 11 is 2.35. The summed E-state index contributed by atoms with van der Waals surface area (Å²) in [5.74, 6) is 0.160. The van der Waals surface area contributed by atoms with Gasteiger partial charge in [-0.25, -0.2) is 4.98 Å². The van der Waals surface area contributed by atoms with Crippen LogP contribution in [0.15, 0.2) is 0 Å². The summed E-state index contributed by atoms with van der Waals surface area (Å²) in [5.41, 5.74) is 0.721. The topological polar surface area (TPSA) is 59.1 Å². The van der Waals surface area contributed by atoms with Gasteiger partial charge in [0.2, 0.25) is 0 Å². The van der Waals surface area contributed by atoms with E-state index >= 15 is 0 Å². The highest BCUT2D eigenvalue weighted by Gasteiger charge is 2.15. The Labute approximate surface area is 96.5 Å². The maximum atomic E-state index is 11.7. The highest BCUT2D eigenvalue weighted by atomic mass is 32.2. The Hall–Kier alpha value is -0.880. The minimum Gasteiger partial charge on any atom is -0.365 e. The number of anilines is 1. The summed E-state index contributed by atoms with van der Waals surface area (Å²) in [6.07, 6.45) is 0. The van der Waals surface area contributed by atoms with E-state index in [4.69, 9.17) is 0 Å². The number of carbonyl (C=O) groups excluding carboxylic acids is 2. The molecular weight excluding hydrogens is 232 g/mol. The van der Waals surface area contributed by atoms with Crippen molar-refractivity contribution in [2.24, 2.45) is 0 Å². The van der Waals surface area contributed by atoms with Gasteiger partial charge in [-0.3, -0.25) is 9.59 Å². The molecule has 0 aliphatic carbocycles. The quantitative estimate of drug-likeness (QED) is 0.820. The second-order valence-corrected chi connectivity index (χ2v) is 5.04. The SMILES string of the molecule is CNc1nc(C)c(C(=O)CSC(C)=O)s1. The zero-order chi connectivity index (χ0) is 11.4. The van der Waals surface area contributed by atoms with Crippen LogP contribution in [0.2, 0.25) is 0 Å². The number of thioether (sulfide) groups is 1. The molecule has 0 unspecified atom stereocenters. The van der Waals surface area contributed by atoms with E-state index < -0.39 is 0 Å². The average molecular weight is 244 g/mol. The van der Waals surface area contributed by atoms with E-state index in [2.05, 4.69) is 10.3 Å². The molecule has 0 amide bonds. The van der Waals surface area contributed by atoms with Crippen LogP contribution in [0.1, 0.15) is 22.3 Å². The zero-order valence-corrected chi connectivity index (χ0v) is 10.4. The summed E-state index contributed by atoms with van der Waals surface area (Å²) in [6.45, 7) is 3.25. The van der Waals surface area contributed by atoms with Crippen molar-refractivity contribution >= 4 is 39.1 Å². The Bertz CT molecular complexity index is 387. The number of hydrogen-bond acceptors (Lipinski definition) is 6. The minimum absolute atomic E-state index is 0.0355. The molecule has 0 radical (unpaired) electrons. The molecule has 0 saturated heterocycles. The first-order valence-electron chi connectivity index (χ1n) is 4.36. The fraction of sp³-hybridized carbons (Fsp3) is 0.444. The standard InChI is InChI=1S/C9H12N2O2S2/c1-5-8(15-9(10-3)11-5)7(13)4-14-6(2)12/h4H2,1-3H3,(H,10,11). The molecule has 0 aliphatic heterocycles. The summed E-state index contributed by atoms with van der Waals surface area (Å²) in [7, 11) is 1.76. The fourth-order valence-electron chi connectivity index (χ4n) is 0.995. The molecule has 0 atom stereocenters.